The van der Waals surface area contributed by atoms with Gasteiger partial charge in [0.15, 0.2) is 0 Å². The van der Waals surface area contributed by atoms with E-state index < -0.39 is 11.7 Å². The summed E-state index contributed by atoms with van der Waals surface area (Å²) < 4.78 is 44.1. The Morgan fingerprint density at radius 2 is 1.60 bits per heavy atom. The van der Waals surface area contributed by atoms with Gasteiger partial charge >= 0.3 is 6.18 Å². The maximum Gasteiger partial charge on any atom is 0.416 e. The van der Waals surface area contributed by atoms with Gasteiger partial charge in [0.05, 0.1) is 5.56 Å². The van der Waals surface area contributed by atoms with Gasteiger partial charge in [-0.25, -0.2) is 0 Å². The van der Waals surface area contributed by atoms with Crippen LogP contribution in [-0.4, -0.2) is 0 Å². The Kier molecular flexibility index (Phi) is 3.99. The number of nitrogens with two attached hydrogens (primary N) is 1. The first-order valence-electron chi connectivity index (χ1n) is 6.05. The standard InChI is InChI=1S/C15H14F3NO/c1-10-2-5-12(6-3-10)20-13-7-4-11(9-19)14(8-13)15(16,17)18/h2-8H,9,19H2,1H3. The molecule has 20 heavy (non-hydrogen) atoms. The Bertz CT molecular complexity index is 591. The Labute approximate surface area is 115 Å². The third-order valence-corrected chi connectivity index (χ3v) is 2.86. The molecule has 0 radical (unpaired) electrons. The quantitative estimate of drug-likeness (QED) is 0.912. The molecule has 0 fully saturated rings. The van der Waals surface area contributed by atoms with Gasteiger partial charge < -0.3 is 10.5 Å². The van der Waals surface area contributed by atoms with Crippen molar-refractivity contribution >= 4 is 0 Å². The lowest BCUT2D eigenvalue weighted by molar-refractivity contribution is -0.138. The average Bonchev–Trinajstić information content (AvgIpc) is 2.40. The van der Waals surface area contributed by atoms with E-state index in [1.54, 1.807) is 12.1 Å². The van der Waals surface area contributed by atoms with Gasteiger partial charge in [0, 0.05) is 6.54 Å². The van der Waals surface area contributed by atoms with Crippen molar-refractivity contribution in [2.45, 2.75) is 19.6 Å². The maximum atomic E-state index is 12.9. The highest BCUT2D eigenvalue weighted by Crippen LogP contribution is 2.35. The van der Waals surface area contributed by atoms with E-state index in [2.05, 4.69) is 0 Å². The molecule has 5 heteroatoms. The second kappa shape index (κ2) is 5.54. The van der Waals surface area contributed by atoms with Crippen molar-refractivity contribution in [1.29, 1.82) is 0 Å². The van der Waals surface area contributed by atoms with Gasteiger partial charge in [0.25, 0.3) is 0 Å². The number of benzene rings is 2. The molecule has 2 nitrogen and oxygen atoms in total. The molecule has 0 amide bonds. The molecule has 106 valence electrons. The molecule has 0 heterocycles. The fourth-order valence-electron chi connectivity index (χ4n) is 1.80. The third-order valence-electron chi connectivity index (χ3n) is 2.86. The highest BCUT2D eigenvalue weighted by molar-refractivity contribution is 5.40. The first-order chi connectivity index (χ1) is 9.40. The summed E-state index contributed by atoms with van der Waals surface area (Å²) in [6, 6.07) is 10.9. The van der Waals surface area contributed by atoms with Gasteiger partial charge in [0.1, 0.15) is 11.5 Å². The molecule has 0 saturated carbocycles. The molecular formula is C15H14F3NO. The highest BCUT2D eigenvalue weighted by atomic mass is 19.4. The summed E-state index contributed by atoms with van der Waals surface area (Å²) in [7, 11) is 0. The fraction of sp³-hybridized carbons (Fsp3) is 0.200. The second-order valence-corrected chi connectivity index (χ2v) is 4.44. The lowest BCUT2D eigenvalue weighted by atomic mass is 10.1. The van der Waals surface area contributed by atoms with Crippen LogP contribution < -0.4 is 10.5 Å². The van der Waals surface area contributed by atoms with E-state index >= 15 is 0 Å². The molecule has 0 saturated heterocycles. The van der Waals surface area contributed by atoms with E-state index in [1.807, 2.05) is 19.1 Å². The summed E-state index contributed by atoms with van der Waals surface area (Å²) in [5.74, 6) is 0.627. The summed E-state index contributed by atoms with van der Waals surface area (Å²) in [5, 5.41) is 0. The van der Waals surface area contributed by atoms with Crippen molar-refractivity contribution in [3.05, 3.63) is 59.2 Å². The minimum atomic E-state index is -4.44. The van der Waals surface area contributed by atoms with Crippen LogP contribution >= 0.6 is 0 Å². The monoisotopic (exact) mass is 281 g/mol. The minimum absolute atomic E-state index is 0.0498. The molecule has 2 aromatic carbocycles. The summed E-state index contributed by atoms with van der Waals surface area (Å²) in [4.78, 5) is 0. The van der Waals surface area contributed by atoms with E-state index in [1.165, 1.54) is 12.1 Å². The van der Waals surface area contributed by atoms with Gasteiger partial charge in [-0.3, -0.25) is 0 Å². The number of aryl methyl sites for hydroxylation is 1. The smallest absolute Gasteiger partial charge is 0.416 e. The zero-order chi connectivity index (χ0) is 14.8. The SMILES string of the molecule is Cc1ccc(Oc2ccc(CN)c(C(F)(F)F)c2)cc1. The Balaban J connectivity index is 2.31. The molecule has 0 aliphatic rings. The Morgan fingerprint density at radius 3 is 2.15 bits per heavy atom. The normalized spacial score (nSPS) is 11.4. The molecular weight excluding hydrogens is 267 g/mol. The topological polar surface area (TPSA) is 35.2 Å². The molecule has 2 aromatic rings. The molecule has 0 atom stereocenters. The van der Waals surface area contributed by atoms with Crippen LogP contribution in [0.3, 0.4) is 0 Å². The van der Waals surface area contributed by atoms with Gasteiger partial charge in [-0.2, -0.15) is 13.2 Å². The third kappa shape index (κ3) is 3.30. The molecule has 0 unspecified atom stereocenters. The summed E-state index contributed by atoms with van der Waals surface area (Å²) in [6.07, 6.45) is -4.44. The van der Waals surface area contributed by atoms with Crippen molar-refractivity contribution in [3.63, 3.8) is 0 Å². The minimum Gasteiger partial charge on any atom is -0.457 e. The van der Waals surface area contributed by atoms with Gasteiger partial charge in [-0.15, -0.1) is 0 Å². The van der Waals surface area contributed by atoms with Crippen LogP contribution in [0.4, 0.5) is 13.2 Å². The van der Waals surface area contributed by atoms with Crippen LogP contribution in [0.15, 0.2) is 42.5 Å². The average molecular weight is 281 g/mol. The first-order valence-corrected chi connectivity index (χ1v) is 6.05. The van der Waals surface area contributed by atoms with Crippen LogP contribution in [0.1, 0.15) is 16.7 Å². The number of alkyl halides is 3. The van der Waals surface area contributed by atoms with Gasteiger partial charge in [-0.1, -0.05) is 23.8 Å². The van der Waals surface area contributed by atoms with Crippen molar-refractivity contribution in [1.82, 2.24) is 0 Å². The van der Waals surface area contributed by atoms with E-state index in [4.69, 9.17) is 10.5 Å². The number of halogens is 3. The first kappa shape index (κ1) is 14.4. The zero-order valence-electron chi connectivity index (χ0n) is 10.9. The van der Waals surface area contributed by atoms with Gasteiger partial charge in [-0.05, 0) is 36.8 Å². The number of hydrogen-bond donors (Lipinski definition) is 1. The Morgan fingerprint density at radius 1 is 1.00 bits per heavy atom. The molecule has 2 N–H and O–H groups in total. The van der Waals surface area contributed by atoms with Crippen molar-refractivity contribution in [3.8, 4) is 11.5 Å². The van der Waals surface area contributed by atoms with Crippen LogP contribution in [-0.2, 0) is 12.7 Å². The fourth-order valence-corrected chi connectivity index (χ4v) is 1.80. The predicted octanol–water partition coefficient (Wildman–Crippen LogP) is 4.26. The molecule has 0 spiro atoms. The molecule has 0 aromatic heterocycles. The number of hydrogen-bond acceptors (Lipinski definition) is 2. The van der Waals surface area contributed by atoms with E-state index in [-0.39, 0.29) is 17.9 Å². The summed E-state index contributed by atoms with van der Waals surface area (Å²) in [5.41, 5.74) is 5.66. The van der Waals surface area contributed by atoms with Crippen LogP contribution in [0.2, 0.25) is 0 Å². The van der Waals surface area contributed by atoms with Crippen molar-refractivity contribution in [2.24, 2.45) is 5.73 Å². The van der Waals surface area contributed by atoms with E-state index in [0.717, 1.165) is 11.6 Å². The molecule has 0 aliphatic heterocycles. The van der Waals surface area contributed by atoms with Crippen molar-refractivity contribution in [2.75, 3.05) is 0 Å². The summed E-state index contributed by atoms with van der Waals surface area (Å²) >= 11 is 0. The predicted molar refractivity (Wildman–Crippen MR) is 70.6 cm³/mol. The molecule has 2 rings (SSSR count). The van der Waals surface area contributed by atoms with Crippen LogP contribution in [0, 0.1) is 6.92 Å². The zero-order valence-corrected chi connectivity index (χ0v) is 10.9. The largest absolute Gasteiger partial charge is 0.457 e. The maximum absolute atomic E-state index is 12.9. The molecule has 0 bridgehead atoms. The van der Waals surface area contributed by atoms with E-state index in [0.29, 0.717) is 5.75 Å². The van der Waals surface area contributed by atoms with Crippen LogP contribution in [0.25, 0.3) is 0 Å². The lowest BCUT2D eigenvalue weighted by Gasteiger charge is -2.14. The highest BCUT2D eigenvalue weighted by Gasteiger charge is 2.33. The molecule has 0 aliphatic carbocycles. The van der Waals surface area contributed by atoms with Crippen molar-refractivity contribution < 1.29 is 17.9 Å². The van der Waals surface area contributed by atoms with Gasteiger partial charge in [0.2, 0.25) is 0 Å². The summed E-state index contributed by atoms with van der Waals surface area (Å²) in [6.45, 7) is 1.75. The van der Waals surface area contributed by atoms with E-state index in [9.17, 15) is 13.2 Å². The second-order valence-electron chi connectivity index (χ2n) is 4.44. The lowest BCUT2D eigenvalue weighted by Crippen LogP contribution is -2.11. The van der Waals surface area contributed by atoms with Crippen LogP contribution in [0.5, 0.6) is 11.5 Å². The number of ether oxygens (including phenoxy) is 1. The Hall–Kier alpha value is -2.01. The number of rotatable bonds is 3.